The Kier molecular flexibility index (Phi) is 4.17. The van der Waals surface area contributed by atoms with Crippen LogP contribution in [0.1, 0.15) is 22.6 Å². The van der Waals surface area contributed by atoms with Crippen LogP contribution in [0, 0.1) is 19.7 Å². The van der Waals surface area contributed by atoms with Gasteiger partial charge in [0.15, 0.2) is 0 Å². The number of carbonyl (C=O) groups is 1. The van der Waals surface area contributed by atoms with Gasteiger partial charge in [-0.3, -0.25) is 4.79 Å². The molecule has 4 nitrogen and oxygen atoms in total. The number of likely N-dealkylation sites (N-methyl/N-ethyl adjacent to an activating group) is 1. The summed E-state index contributed by atoms with van der Waals surface area (Å²) in [5.74, 6) is 0.313. The van der Waals surface area contributed by atoms with Gasteiger partial charge in [0.05, 0.1) is 12.1 Å². The highest BCUT2D eigenvalue weighted by atomic mass is 19.1. The van der Waals surface area contributed by atoms with Crippen LogP contribution in [0.4, 0.5) is 4.39 Å². The first-order valence-electron chi connectivity index (χ1n) is 6.37. The van der Waals surface area contributed by atoms with E-state index in [1.54, 1.807) is 31.0 Å². The topological polar surface area (TPSA) is 46.3 Å². The second-order valence-electron chi connectivity index (χ2n) is 4.86. The van der Waals surface area contributed by atoms with Gasteiger partial charge < -0.3 is 9.42 Å². The first kappa shape index (κ1) is 14.2. The molecular formula is C15H17FN2O2. The minimum atomic E-state index is -0.297. The SMILES string of the molecule is Cc1noc(C)c1CC(=O)N(C)Cc1cccc(F)c1. The highest BCUT2D eigenvalue weighted by Crippen LogP contribution is 2.14. The zero-order valence-corrected chi connectivity index (χ0v) is 11.8. The summed E-state index contributed by atoms with van der Waals surface area (Å²) in [6.07, 6.45) is 0.243. The predicted octanol–water partition coefficient (Wildman–Crippen LogP) is 2.63. The van der Waals surface area contributed by atoms with Crippen LogP contribution >= 0.6 is 0 Å². The molecule has 0 atom stereocenters. The van der Waals surface area contributed by atoms with E-state index >= 15 is 0 Å². The van der Waals surface area contributed by atoms with Crippen molar-refractivity contribution in [1.82, 2.24) is 10.1 Å². The van der Waals surface area contributed by atoms with Gasteiger partial charge in [-0.15, -0.1) is 0 Å². The second kappa shape index (κ2) is 5.86. The molecule has 0 spiro atoms. The fourth-order valence-corrected chi connectivity index (χ4v) is 2.04. The molecule has 20 heavy (non-hydrogen) atoms. The third kappa shape index (κ3) is 3.23. The third-order valence-corrected chi connectivity index (χ3v) is 3.24. The normalized spacial score (nSPS) is 10.6. The summed E-state index contributed by atoms with van der Waals surface area (Å²) in [6, 6.07) is 6.24. The van der Waals surface area contributed by atoms with Crippen molar-refractivity contribution in [3.05, 3.63) is 52.7 Å². The van der Waals surface area contributed by atoms with Crippen molar-refractivity contribution in [1.29, 1.82) is 0 Å². The summed E-state index contributed by atoms with van der Waals surface area (Å²) in [5.41, 5.74) is 2.32. The quantitative estimate of drug-likeness (QED) is 0.862. The molecule has 1 aromatic carbocycles. The number of halogens is 1. The number of rotatable bonds is 4. The Morgan fingerprint density at radius 3 is 2.75 bits per heavy atom. The van der Waals surface area contributed by atoms with E-state index in [-0.39, 0.29) is 18.1 Å². The Bertz CT molecular complexity index is 603. The summed E-state index contributed by atoms with van der Waals surface area (Å²) < 4.78 is 18.1. The lowest BCUT2D eigenvalue weighted by Crippen LogP contribution is -2.28. The highest BCUT2D eigenvalue weighted by Gasteiger charge is 2.16. The lowest BCUT2D eigenvalue weighted by Gasteiger charge is -2.17. The van der Waals surface area contributed by atoms with Crippen molar-refractivity contribution < 1.29 is 13.7 Å². The average molecular weight is 276 g/mol. The van der Waals surface area contributed by atoms with E-state index in [0.29, 0.717) is 12.3 Å². The number of benzene rings is 1. The van der Waals surface area contributed by atoms with Crippen LogP contribution in [0.25, 0.3) is 0 Å². The highest BCUT2D eigenvalue weighted by molar-refractivity contribution is 5.78. The molecule has 0 saturated carbocycles. The summed E-state index contributed by atoms with van der Waals surface area (Å²) in [4.78, 5) is 13.7. The van der Waals surface area contributed by atoms with E-state index in [1.165, 1.54) is 12.1 Å². The van der Waals surface area contributed by atoms with Gasteiger partial charge in [0.1, 0.15) is 11.6 Å². The number of hydrogen-bond acceptors (Lipinski definition) is 3. The number of carbonyl (C=O) groups excluding carboxylic acids is 1. The molecule has 1 amide bonds. The molecular weight excluding hydrogens is 259 g/mol. The number of amides is 1. The Morgan fingerprint density at radius 2 is 2.15 bits per heavy atom. The van der Waals surface area contributed by atoms with Gasteiger partial charge in [-0.05, 0) is 31.5 Å². The Morgan fingerprint density at radius 1 is 1.40 bits per heavy atom. The number of aromatic nitrogens is 1. The molecule has 0 N–H and O–H groups in total. The maximum atomic E-state index is 13.1. The third-order valence-electron chi connectivity index (χ3n) is 3.24. The van der Waals surface area contributed by atoms with E-state index in [0.717, 1.165) is 16.8 Å². The maximum Gasteiger partial charge on any atom is 0.227 e. The molecule has 0 aliphatic carbocycles. The summed E-state index contributed by atoms with van der Waals surface area (Å²) in [7, 11) is 1.70. The van der Waals surface area contributed by atoms with Crippen LogP contribution in [0.5, 0.6) is 0 Å². The zero-order valence-electron chi connectivity index (χ0n) is 11.8. The van der Waals surface area contributed by atoms with Crippen LogP contribution in [0.3, 0.4) is 0 Å². The van der Waals surface area contributed by atoms with E-state index < -0.39 is 0 Å². The standard InChI is InChI=1S/C15H17FN2O2/c1-10-14(11(2)20-17-10)8-15(19)18(3)9-12-5-4-6-13(16)7-12/h4-7H,8-9H2,1-3H3. The lowest BCUT2D eigenvalue weighted by molar-refractivity contribution is -0.129. The Hall–Kier alpha value is -2.17. The van der Waals surface area contributed by atoms with Crippen molar-refractivity contribution in [2.75, 3.05) is 7.05 Å². The molecule has 2 aromatic rings. The predicted molar refractivity (Wildman–Crippen MR) is 72.6 cm³/mol. The number of hydrogen-bond donors (Lipinski definition) is 0. The Labute approximate surface area is 117 Å². The molecule has 0 aliphatic heterocycles. The molecule has 0 bridgehead atoms. The van der Waals surface area contributed by atoms with Crippen LogP contribution in [-0.4, -0.2) is 23.0 Å². The van der Waals surface area contributed by atoms with Gasteiger partial charge in [-0.2, -0.15) is 0 Å². The van der Waals surface area contributed by atoms with Crippen molar-refractivity contribution in [3.8, 4) is 0 Å². The maximum absolute atomic E-state index is 13.1. The fraction of sp³-hybridized carbons (Fsp3) is 0.333. The molecule has 0 aliphatic rings. The zero-order chi connectivity index (χ0) is 14.7. The van der Waals surface area contributed by atoms with E-state index in [1.807, 2.05) is 6.92 Å². The smallest absolute Gasteiger partial charge is 0.227 e. The molecule has 1 heterocycles. The molecule has 2 rings (SSSR count). The monoisotopic (exact) mass is 276 g/mol. The van der Waals surface area contributed by atoms with Crippen molar-refractivity contribution in [2.45, 2.75) is 26.8 Å². The van der Waals surface area contributed by atoms with Crippen molar-refractivity contribution >= 4 is 5.91 Å². The molecule has 0 fully saturated rings. The fourth-order valence-electron chi connectivity index (χ4n) is 2.04. The van der Waals surface area contributed by atoms with Crippen molar-refractivity contribution in [3.63, 3.8) is 0 Å². The van der Waals surface area contributed by atoms with Crippen LogP contribution in [-0.2, 0) is 17.8 Å². The first-order chi connectivity index (χ1) is 9.47. The van der Waals surface area contributed by atoms with Gasteiger partial charge in [0, 0.05) is 19.2 Å². The lowest BCUT2D eigenvalue weighted by atomic mass is 10.1. The number of nitrogens with zero attached hydrogens (tertiary/aromatic N) is 2. The van der Waals surface area contributed by atoms with Gasteiger partial charge in [0.25, 0.3) is 0 Å². The average Bonchev–Trinajstić information content (AvgIpc) is 2.70. The van der Waals surface area contributed by atoms with Gasteiger partial charge >= 0.3 is 0 Å². The first-order valence-corrected chi connectivity index (χ1v) is 6.37. The minimum Gasteiger partial charge on any atom is -0.361 e. The van der Waals surface area contributed by atoms with E-state index in [2.05, 4.69) is 5.16 Å². The van der Waals surface area contributed by atoms with Gasteiger partial charge in [0.2, 0.25) is 5.91 Å². The molecule has 0 unspecified atom stereocenters. The van der Waals surface area contributed by atoms with Crippen LogP contribution in [0.15, 0.2) is 28.8 Å². The largest absolute Gasteiger partial charge is 0.361 e. The minimum absolute atomic E-state index is 0.0522. The van der Waals surface area contributed by atoms with Crippen molar-refractivity contribution in [2.24, 2.45) is 0 Å². The Balaban J connectivity index is 2.02. The van der Waals surface area contributed by atoms with E-state index in [9.17, 15) is 9.18 Å². The second-order valence-corrected chi connectivity index (χ2v) is 4.86. The van der Waals surface area contributed by atoms with Crippen LogP contribution in [0.2, 0.25) is 0 Å². The van der Waals surface area contributed by atoms with Gasteiger partial charge in [-0.25, -0.2) is 4.39 Å². The summed E-state index contributed by atoms with van der Waals surface area (Å²) in [6.45, 7) is 3.97. The summed E-state index contributed by atoms with van der Waals surface area (Å²) >= 11 is 0. The van der Waals surface area contributed by atoms with Gasteiger partial charge in [-0.1, -0.05) is 17.3 Å². The molecule has 5 heteroatoms. The molecule has 106 valence electrons. The van der Waals surface area contributed by atoms with E-state index in [4.69, 9.17) is 4.52 Å². The number of aryl methyl sites for hydroxylation is 2. The molecule has 0 saturated heterocycles. The molecule has 1 aromatic heterocycles. The van der Waals surface area contributed by atoms with Crippen LogP contribution < -0.4 is 0 Å². The molecule has 0 radical (unpaired) electrons. The summed E-state index contributed by atoms with van der Waals surface area (Å²) in [5, 5.41) is 3.83.